The van der Waals surface area contributed by atoms with E-state index in [0.29, 0.717) is 5.75 Å². The smallest absolute Gasteiger partial charge is 0.160 e. The monoisotopic (exact) mass is 179 g/mol. The van der Waals surface area contributed by atoms with E-state index in [9.17, 15) is 5.11 Å². The third-order valence-corrected chi connectivity index (χ3v) is 2.54. The van der Waals surface area contributed by atoms with Crippen LogP contribution in [0.3, 0.4) is 0 Å². The van der Waals surface area contributed by atoms with Crippen LogP contribution >= 0.6 is 0 Å². The number of methoxy groups -OCH3 is 1. The molecule has 0 atom stereocenters. The van der Waals surface area contributed by atoms with E-state index in [1.165, 1.54) is 7.11 Å². The molecule has 3 heteroatoms. The highest BCUT2D eigenvalue weighted by atomic mass is 16.5. The summed E-state index contributed by atoms with van der Waals surface area (Å²) in [5.74, 6) is 0.657. The van der Waals surface area contributed by atoms with E-state index >= 15 is 0 Å². The van der Waals surface area contributed by atoms with Crippen LogP contribution in [-0.2, 0) is 5.54 Å². The van der Waals surface area contributed by atoms with Crippen molar-refractivity contribution in [3.8, 4) is 11.5 Å². The second-order valence-corrected chi connectivity index (χ2v) is 3.54. The lowest BCUT2D eigenvalue weighted by molar-refractivity contribution is 0.372. The standard InChI is InChI=1S/C10H13NO2/c1-13-9-6-7(2-3-8(9)12)10(11)4-5-10/h2-3,6,12H,4-5,11H2,1H3. The van der Waals surface area contributed by atoms with Gasteiger partial charge in [0.25, 0.3) is 0 Å². The fourth-order valence-electron chi connectivity index (χ4n) is 1.41. The van der Waals surface area contributed by atoms with Crippen LogP contribution in [0.15, 0.2) is 18.2 Å². The quantitative estimate of drug-likeness (QED) is 0.720. The number of rotatable bonds is 2. The van der Waals surface area contributed by atoms with Gasteiger partial charge in [-0.05, 0) is 30.5 Å². The van der Waals surface area contributed by atoms with Gasteiger partial charge in [-0.15, -0.1) is 0 Å². The normalized spacial score (nSPS) is 18.3. The molecule has 0 spiro atoms. The fourth-order valence-corrected chi connectivity index (χ4v) is 1.41. The van der Waals surface area contributed by atoms with Crippen LogP contribution in [0.5, 0.6) is 11.5 Å². The van der Waals surface area contributed by atoms with Crippen molar-refractivity contribution in [2.24, 2.45) is 5.73 Å². The van der Waals surface area contributed by atoms with Gasteiger partial charge in [0.1, 0.15) is 0 Å². The first-order chi connectivity index (χ1) is 6.15. The number of benzene rings is 1. The van der Waals surface area contributed by atoms with Gasteiger partial charge in [0.05, 0.1) is 7.11 Å². The number of ether oxygens (including phenoxy) is 1. The van der Waals surface area contributed by atoms with Gasteiger partial charge in [0.15, 0.2) is 11.5 Å². The molecule has 1 fully saturated rings. The third kappa shape index (κ3) is 1.35. The zero-order valence-electron chi connectivity index (χ0n) is 7.58. The van der Waals surface area contributed by atoms with E-state index in [4.69, 9.17) is 10.5 Å². The number of phenols is 1. The van der Waals surface area contributed by atoms with Crippen LogP contribution in [0, 0.1) is 0 Å². The summed E-state index contributed by atoms with van der Waals surface area (Å²) < 4.78 is 5.00. The molecule has 0 aliphatic heterocycles. The fraction of sp³-hybridized carbons (Fsp3) is 0.400. The number of hydrogen-bond acceptors (Lipinski definition) is 3. The van der Waals surface area contributed by atoms with Gasteiger partial charge < -0.3 is 15.6 Å². The predicted molar refractivity (Wildman–Crippen MR) is 49.8 cm³/mol. The molecule has 70 valence electrons. The highest BCUT2D eigenvalue weighted by Crippen LogP contribution is 2.44. The molecule has 0 radical (unpaired) electrons. The summed E-state index contributed by atoms with van der Waals surface area (Å²) in [6.07, 6.45) is 2.03. The number of aromatic hydroxyl groups is 1. The number of phenolic OH excluding ortho intramolecular Hbond substituents is 1. The summed E-state index contributed by atoms with van der Waals surface area (Å²) in [7, 11) is 1.54. The second-order valence-electron chi connectivity index (χ2n) is 3.54. The first-order valence-electron chi connectivity index (χ1n) is 4.32. The molecule has 13 heavy (non-hydrogen) atoms. The van der Waals surface area contributed by atoms with Crippen molar-refractivity contribution >= 4 is 0 Å². The Morgan fingerprint density at radius 1 is 1.46 bits per heavy atom. The molecule has 0 saturated heterocycles. The molecule has 1 aliphatic carbocycles. The average Bonchev–Trinajstić information content (AvgIpc) is 2.86. The van der Waals surface area contributed by atoms with Crippen molar-refractivity contribution in [3.63, 3.8) is 0 Å². The summed E-state index contributed by atoms with van der Waals surface area (Å²) in [6, 6.07) is 5.29. The highest BCUT2D eigenvalue weighted by molar-refractivity contribution is 5.45. The Bertz CT molecular complexity index is 332. The molecule has 1 aliphatic rings. The molecular formula is C10H13NO2. The molecule has 0 bridgehead atoms. The average molecular weight is 179 g/mol. The summed E-state index contributed by atoms with van der Waals surface area (Å²) in [4.78, 5) is 0. The van der Waals surface area contributed by atoms with Crippen molar-refractivity contribution in [3.05, 3.63) is 23.8 Å². The van der Waals surface area contributed by atoms with Crippen LogP contribution in [0.1, 0.15) is 18.4 Å². The van der Waals surface area contributed by atoms with Gasteiger partial charge in [0.2, 0.25) is 0 Å². The maximum Gasteiger partial charge on any atom is 0.160 e. The minimum atomic E-state index is -0.166. The molecule has 3 nitrogen and oxygen atoms in total. The Labute approximate surface area is 77.1 Å². The first kappa shape index (κ1) is 8.38. The van der Waals surface area contributed by atoms with Crippen LogP contribution in [-0.4, -0.2) is 12.2 Å². The van der Waals surface area contributed by atoms with Crippen molar-refractivity contribution in [2.75, 3.05) is 7.11 Å². The van der Waals surface area contributed by atoms with Crippen LogP contribution in [0.2, 0.25) is 0 Å². The van der Waals surface area contributed by atoms with E-state index in [-0.39, 0.29) is 11.3 Å². The Morgan fingerprint density at radius 3 is 2.69 bits per heavy atom. The molecule has 1 saturated carbocycles. The Hall–Kier alpha value is -1.22. The van der Waals surface area contributed by atoms with E-state index < -0.39 is 0 Å². The molecule has 0 unspecified atom stereocenters. The highest BCUT2D eigenvalue weighted by Gasteiger charge is 2.40. The molecule has 0 heterocycles. The van der Waals surface area contributed by atoms with Gasteiger partial charge in [-0.3, -0.25) is 0 Å². The lowest BCUT2D eigenvalue weighted by atomic mass is 10.1. The van der Waals surface area contributed by atoms with Crippen molar-refractivity contribution in [2.45, 2.75) is 18.4 Å². The number of nitrogens with two attached hydrogens (primary N) is 1. The first-order valence-corrected chi connectivity index (χ1v) is 4.32. The molecule has 1 aromatic carbocycles. The molecular weight excluding hydrogens is 166 g/mol. The molecule has 0 amide bonds. The zero-order valence-corrected chi connectivity index (χ0v) is 7.58. The topological polar surface area (TPSA) is 55.5 Å². The van der Waals surface area contributed by atoms with Gasteiger partial charge in [0, 0.05) is 5.54 Å². The molecule has 1 aromatic rings. The van der Waals surface area contributed by atoms with Crippen molar-refractivity contribution in [1.82, 2.24) is 0 Å². The molecule has 3 N–H and O–H groups in total. The van der Waals surface area contributed by atoms with Gasteiger partial charge in [-0.1, -0.05) is 6.07 Å². The van der Waals surface area contributed by atoms with E-state index in [2.05, 4.69) is 0 Å². The zero-order chi connectivity index (χ0) is 9.47. The number of hydrogen-bond donors (Lipinski definition) is 2. The van der Waals surface area contributed by atoms with E-state index in [0.717, 1.165) is 18.4 Å². The largest absolute Gasteiger partial charge is 0.504 e. The second kappa shape index (κ2) is 2.64. The SMILES string of the molecule is COc1cc(C2(N)CC2)ccc1O. The minimum Gasteiger partial charge on any atom is -0.504 e. The predicted octanol–water partition coefficient (Wildman–Crippen LogP) is 1.35. The van der Waals surface area contributed by atoms with Gasteiger partial charge >= 0.3 is 0 Å². The lowest BCUT2D eigenvalue weighted by Gasteiger charge is -2.11. The summed E-state index contributed by atoms with van der Waals surface area (Å²) >= 11 is 0. The lowest BCUT2D eigenvalue weighted by Crippen LogP contribution is -2.18. The van der Waals surface area contributed by atoms with E-state index in [1.807, 2.05) is 12.1 Å². The summed E-state index contributed by atoms with van der Waals surface area (Å²) in [5.41, 5.74) is 6.88. The maximum atomic E-state index is 9.36. The van der Waals surface area contributed by atoms with Crippen molar-refractivity contribution < 1.29 is 9.84 Å². The summed E-state index contributed by atoms with van der Waals surface area (Å²) in [6.45, 7) is 0. The van der Waals surface area contributed by atoms with Crippen LogP contribution < -0.4 is 10.5 Å². The molecule has 2 rings (SSSR count). The van der Waals surface area contributed by atoms with E-state index in [1.54, 1.807) is 6.07 Å². The maximum absolute atomic E-state index is 9.36. The minimum absolute atomic E-state index is 0.163. The Balaban J connectivity index is 2.39. The van der Waals surface area contributed by atoms with Gasteiger partial charge in [-0.2, -0.15) is 0 Å². The third-order valence-electron chi connectivity index (χ3n) is 2.54. The summed E-state index contributed by atoms with van der Waals surface area (Å²) in [5, 5.41) is 9.36. The Morgan fingerprint density at radius 2 is 2.15 bits per heavy atom. The van der Waals surface area contributed by atoms with Crippen molar-refractivity contribution in [1.29, 1.82) is 0 Å². The van der Waals surface area contributed by atoms with Gasteiger partial charge in [-0.25, -0.2) is 0 Å². The van der Waals surface area contributed by atoms with Crippen LogP contribution in [0.4, 0.5) is 0 Å². The van der Waals surface area contributed by atoms with Crippen LogP contribution in [0.25, 0.3) is 0 Å². The molecule has 0 aromatic heterocycles. The Kier molecular flexibility index (Phi) is 1.70.